The summed E-state index contributed by atoms with van der Waals surface area (Å²) in [7, 11) is -3.79. The van der Waals surface area contributed by atoms with Crippen LogP contribution in [0.15, 0.2) is 41.6 Å². The average Bonchev–Trinajstić information content (AvgIpc) is 3.05. The Morgan fingerprint density at radius 1 is 1.33 bits per heavy atom. The monoisotopic (exact) mass is 348 g/mol. The van der Waals surface area contributed by atoms with Crippen LogP contribution in [-0.4, -0.2) is 41.9 Å². The Hall–Kier alpha value is -2.57. The van der Waals surface area contributed by atoms with Crippen molar-refractivity contribution in [1.82, 2.24) is 14.3 Å². The van der Waals surface area contributed by atoms with E-state index in [1.807, 2.05) is 6.07 Å². The SMILES string of the molecule is N#Cc1nccnc1OC1CCN(S(=O)(=O)c2cccc(F)c2)C1. The van der Waals surface area contributed by atoms with E-state index < -0.39 is 21.9 Å². The summed E-state index contributed by atoms with van der Waals surface area (Å²) in [5, 5.41) is 8.97. The lowest BCUT2D eigenvalue weighted by Gasteiger charge is -2.17. The van der Waals surface area contributed by atoms with Gasteiger partial charge < -0.3 is 4.74 Å². The molecule has 0 radical (unpaired) electrons. The van der Waals surface area contributed by atoms with E-state index in [-0.39, 0.29) is 29.6 Å². The van der Waals surface area contributed by atoms with Crippen LogP contribution in [0.4, 0.5) is 4.39 Å². The lowest BCUT2D eigenvalue weighted by atomic mass is 10.3. The van der Waals surface area contributed by atoms with Gasteiger partial charge in [-0.15, -0.1) is 0 Å². The molecule has 124 valence electrons. The molecular formula is C15H13FN4O3S. The van der Waals surface area contributed by atoms with Gasteiger partial charge in [0, 0.05) is 18.9 Å². The van der Waals surface area contributed by atoms with Crippen molar-refractivity contribution in [3.63, 3.8) is 0 Å². The van der Waals surface area contributed by atoms with E-state index in [1.165, 1.54) is 34.9 Å². The molecule has 2 heterocycles. The second-order valence-corrected chi connectivity index (χ2v) is 7.11. The Labute approximate surface area is 138 Å². The van der Waals surface area contributed by atoms with E-state index in [1.54, 1.807) is 0 Å². The molecule has 24 heavy (non-hydrogen) atoms. The Bertz CT molecular complexity index is 898. The van der Waals surface area contributed by atoms with Gasteiger partial charge in [-0.2, -0.15) is 9.57 Å². The van der Waals surface area contributed by atoms with E-state index >= 15 is 0 Å². The highest BCUT2D eigenvalue weighted by Gasteiger charge is 2.34. The standard InChI is InChI=1S/C15H13FN4O3S/c16-11-2-1-3-13(8-11)24(21,22)20-7-4-12(10-20)23-15-14(9-17)18-5-6-19-15/h1-3,5-6,8,12H,4,7,10H2. The summed E-state index contributed by atoms with van der Waals surface area (Å²) in [5.41, 5.74) is 0.0453. The van der Waals surface area contributed by atoms with Gasteiger partial charge in [0.2, 0.25) is 15.7 Å². The van der Waals surface area contributed by atoms with E-state index in [4.69, 9.17) is 10.00 Å². The molecule has 0 N–H and O–H groups in total. The predicted molar refractivity (Wildman–Crippen MR) is 80.9 cm³/mol. The molecule has 0 aliphatic carbocycles. The molecule has 0 saturated carbocycles. The van der Waals surface area contributed by atoms with E-state index in [0.717, 1.165) is 6.07 Å². The maximum Gasteiger partial charge on any atom is 0.251 e. The number of hydrogen-bond acceptors (Lipinski definition) is 6. The van der Waals surface area contributed by atoms with Crippen molar-refractivity contribution in [2.24, 2.45) is 0 Å². The smallest absolute Gasteiger partial charge is 0.251 e. The van der Waals surface area contributed by atoms with Crippen molar-refractivity contribution in [2.45, 2.75) is 17.4 Å². The van der Waals surface area contributed by atoms with Gasteiger partial charge in [0.15, 0.2) is 0 Å². The molecule has 1 aromatic heterocycles. The van der Waals surface area contributed by atoms with Gasteiger partial charge in [-0.1, -0.05) is 6.07 Å². The second-order valence-electron chi connectivity index (χ2n) is 5.17. The quantitative estimate of drug-likeness (QED) is 0.827. The lowest BCUT2D eigenvalue weighted by Crippen LogP contribution is -2.31. The van der Waals surface area contributed by atoms with Crippen LogP contribution in [0.25, 0.3) is 0 Å². The van der Waals surface area contributed by atoms with Crippen LogP contribution >= 0.6 is 0 Å². The molecule has 7 nitrogen and oxygen atoms in total. The van der Waals surface area contributed by atoms with Crippen molar-refractivity contribution < 1.29 is 17.5 Å². The number of nitriles is 1. The second kappa shape index (κ2) is 6.51. The highest BCUT2D eigenvalue weighted by atomic mass is 32.2. The fourth-order valence-corrected chi connectivity index (χ4v) is 3.95. The summed E-state index contributed by atoms with van der Waals surface area (Å²) >= 11 is 0. The number of nitrogens with zero attached hydrogens (tertiary/aromatic N) is 4. The highest BCUT2D eigenvalue weighted by Crippen LogP contribution is 2.24. The molecule has 1 aliphatic heterocycles. The third kappa shape index (κ3) is 3.20. The average molecular weight is 348 g/mol. The highest BCUT2D eigenvalue weighted by molar-refractivity contribution is 7.89. The summed E-state index contributed by atoms with van der Waals surface area (Å²) < 4.78 is 45.2. The maximum absolute atomic E-state index is 13.3. The summed E-state index contributed by atoms with van der Waals surface area (Å²) in [5.74, 6) is -0.531. The summed E-state index contributed by atoms with van der Waals surface area (Å²) in [6, 6.07) is 6.75. The van der Waals surface area contributed by atoms with Crippen LogP contribution in [0.5, 0.6) is 5.88 Å². The van der Waals surface area contributed by atoms with E-state index in [2.05, 4.69) is 9.97 Å². The first-order chi connectivity index (χ1) is 11.5. The molecule has 0 amide bonds. The van der Waals surface area contributed by atoms with Crippen molar-refractivity contribution in [3.05, 3.63) is 48.2 Å². The van der Waals surface area contributed by atoms with E-state index in [9.17, 15) is 12.8 Å². The van der Waals surface area contributed by atoms with Gasteiger partial charge in [-0.25, -0.2) is 22.8 Å². The minimum absolute atomic E-state index is 0.0453. The zero-order valence-corrected chi connectivity index (χ0v) is 13.3. The number of sulfonamides is 1. The Balaban J connectivity index is 1.75. The minimum Gasteiger partial charge on any atom is -0.471 e. The molecular weight excluding hydrogens is 335 g/mol. The topological polar surface area (TPSA) is 96.2 Å². The van der Waals surface area contributed by atoms with Crippen LogP contribution in [0.2, 0.25) is 0 Å². The third-order valence-corrected chi connectivity index (χ3v) is 5.45. The fourth-order valence-electron chi connectivity index (χ4n) is 2.43. The first kappa shape index (κ1) is 16.3. The van der Waals surface area contributed by atoms with Crippen LogP contribution in [0.1, 0.15) is 12.1 Å². The Kier molecular flexibility index (Phi) is 4.42. The molecule has 1 atom stereocenters. The van der Waals surface area contributed by atoms with Crippen LogP contribution in [0, 0.1) is 17.1 Å². The zero-order valence-electron chi connectivity index (χ0n) is 12.5. The first-order valence-corrected chi connectivity index (χ1v) is 8.58. The first-order valence-electron chi connectivity index (χ1n) is 7.14. The number of rotatable bonds is 4. The largest absolute Gasteiger partial charge is 0.471 e. The summed E-state index contributed by atoms with van der Waals surface area (Å²) in [4.78, 5) is 7.69. The maximum atomic E-state index is 13.3. The molecule has 1 unspecified atom stereocenters. The molecule has 3 rings (SSSR count). The van der Waals surface area contributed by atoms with Gasteiger partial charge in [0.25, 0.3) is 5.88 Å². The zero-order chi connectivity index (χ0) is 17.2. The normalized spacial score (nSPS) is 18.2. The van der Waals surface area contributed by atoms with Gasteiger partial charge in [-0.05, 0) is 24.6 Å². The van der Waals surface area contributed by atoms with Crippen molar-refractivity contribution in [2.75, 3.05) is 13.1 Å². The molecule has 0 spiro atoms. The molecule has 2 aromatic rings. The fraction of sp³-hybridized carbons (Fsp3) is 0.267. The summed E-state index contributed by atoms with van der Waals surface area (Å²) in [6.07, 6.45) is 2.76. The molecule has 1 aromatic carbocycles. The van der Waals surface area contributed by atoms with Gasteiger partial charge in [0.1, 0.15) is 18.0 Å². The lowest BCUT2D eigenvalue weighted by molar-refractivity contribution is 0.205. The van der Waals surface area contributed by atoms with Crippen molar-refractivity contribution in [3.8, 4) is 11.9 Å². The third-order valence-electron chi connectivity index (χ3n) is 3.59. The summed E-state index contributed by atoms with van der Waals surface area (Å²) in [6.45, 7) is 0.339. The number of halogens is 1. The molecule has 1 aliphatic rings. The van der Waals surface area contributed by atoms with Crippen LogP contribution in [-0.2, 0) is 10.0 Å². The number of ether oxygens (including phenoxy) is 1. The minimum atomic E-state index is -3.79. The van der Waals surface area contributed by atoms with Gasteiger partial charge in [-0.3, -0.25) is 0 Å². The van der Waals surface area contributed by atoms with Crippen LogP contribution in [0.3, 0.4) is 0 Å². The van der Waals surface area contributed by atoms with Gasteiger partial charge in [0.05, 0.1) is 11.4 Å². The Morgan fingerprint density at radius 2 is 2.12 bits per heavy atom. The van der Waals surface area contributed by atoms with Gasteiger partial charge >= 0.3 is 0 Å². The molecule has 0 bridgehead atoms. The van der Waals surface area contributed by atoms with Crippen molar-refractivity contribution in [1.29, 1.82) is 5.26 Å². The number of benzene rings is 1. The molecule has 1 saturated heterocycles. The van der Waals surface area contributed by atoms with Crippen LogP contribution < -0.4 is 4.74 Å². The molecule has 9 heteroatoms. The van der Waals surface area contributed by atoms with E-state index in [0.29, 0.717) is 6.42 Å². The number of hydrogen-bond donors (Lipinski definition) is 0. The van der Waals surface area contributed by atoms with Crippen molar-refractivity contribution >= 4 is 10.0 Å². The number of aromatic nitrogens is 2. The predicted octanol–water partition coefficient (Wildman–Crippen LogP) is 1.33. The molecule has 1 fully saturated rings. The Morgan fingerprint density at radius 3 is 2.88 bits per heavy atom.